The Balaban J connectivity index is 3.21. The number of imide groups is 1. The van der Waals surface area contributed by atoms with Crippen LogP contribution in [-0.4, -0.2) is 52.9 Å². The standard InChI is InChI=1S/C16H17F3N2O5/c1-2-8-21(9-12(20)13(22)23,14(24)16(17,18)19)15(25)26-10-11-6-4-3-5-7-11/h2-7,12H,1,8-10,20H2/p+1/t12-,21?/m0/s1. The van der Waals surface area contributed by atoms with Gasteiger partial charge in [-0.3, -0.25) is 4.79 Å². The normalized spacial score (nSPS) is 14.8. The molecule has 7 nitrogen and oxygen atoms in total. The third kappa shape index (κ3) is 5.14. The maximum atomic E-state index is 13.0. The molecule has 0 bridgehead atoms. The first-order chi connectivity index (χ1) is 12.0. The molecule has 10 heteroatoms. The molecular formula is C16H18F3N2O5+. The third-order valence-corrected chi connectivity index (χ3v) is 3.45. The first-order valence-electron chi connectivity index (χ1n) is 7.34. The summed E-state index contributed by atoms with van der Waals surface area (Å²) in [6.45, 7) is 0.875. The Morgan fingerprint density at radius 2 is 1.85 bits per heavy atom. The lowest BCUT2D eigenvalue weighted by Crippen LogP contribution is -2.66. The molecule has 0 heterocycles. The first kappa shape index (κ1) is 21.3. The summed E-state index contributed by atoms with van der Waals surface area (Å²) in [5, 5.41) is 8.88. The number of aliphatic carboxylic acids is 1. The number of quaternary nitrogens is 1. The zero-order valence-corrected chi connectivity index (χ0v) is 13.6. The minimum atomic E-state index is -5.41. The van der Waals surface area contributed by atoms with Crippen LogP contribution >= 0.6 is 0 Å². The van der Waals surface area contributed by atoms with Crippen LogP contribution in [-0.2, 0) is 20.9 Å². The Hall–Kier alpha value is -2.72. The SMILES string of the molecule is C=CC[N+](C[C@H](N)C(=O)O)(C(=O)OCc1ccccc1)C(=O)C(F)(F)F. The highest BCUT2D eigenvalue weighted by atomic mass is 19.4. The fourth-order valence-electron chi connectivity index (χ4n) is 2.19. The van der Waals surface area contributed by atoms with Gasteiger partial charge in [-0.05, 0) is 11.6 Å². The average Bonchev–Trinajstić information content (AvgIpc) is 2.58. The molecule has 1 rings (SSSR count). The topological polar surface area (TPSA) is 107 Å². The van der Waals surface area contributed by atoms with Gasteiger partial charge in [-0.2, -0.15) is 18.0 Å². The van der Waals surface area contributed by atoms with Crippen molar-refractivity contribution in [3.05, 3.63) is 48.6 Å². The van der Waals surface area contributed by atoms with Gasteiger partial charge in [-0.25, -0.2) is 4.79 Å². The highest BCUT2D eigenvalue weighted by Gasteiger charge is 2.60. The number of carboxylic acid groups (broad SMARTS) is 1. The predicted octanol–water partition coefficient (Wildman–Crippen LogP) is 1.83. The van der Waals surface area contributed by atoms with Gasteiger partial charge in [0.05, 0.1) is 0 Å². The maximum Gasteiger partial charge on any atom is 0.524 e. The Morgan fingerprint density at radius 3 is 2.31 bits per heavy atom. The summed E-state index contributed by atoms with van der Waals surface area (Å²) in [5.41, 5.74) is 5.75. The van der Waals surface area contributed by atoms with Gasteiger partial charge in [0.1, 0.15) is 19.7 Å². The van der Waals surface area contributed by atoms with Crippen molar-refractivity contribution >= 4 is 18.0 Å². The Labute approximate surface area is 147 Å². The van der Waals surface area contributed by atoms with Crippen molar-refractivity contribution in [2.45, 2.75) is 18.8 Å². The van der Waals surface area contributed by atoms with E-state index in [1.54, 1.807) is 30.3 Å². The second-order valence-electron chi connectivity index (χ2n) is 5.41. The molecule has 3 N–H and O–H groups in total. The molecule has 0 spiro atoms. The Kier molecular flexibility index (Phi) is 7.04. The summed E-state index contributed by atoms with van der Waals surface area (Å²) >= 11 is 0. The van der Waals surface area contributed by atoms with E-state index in [1.807, 2.05) is 0 Å². The van der Waals surface area contributed by atoms with Crippen molar-refractivity contribution in [2.24, 2.45) is 5.73 Å². The number of carboxylic acids is 1. The molecule has 0 aliphatic heterocycles. The molecule has 2 amide bonds. The van der Waals surface area contributed by atoms with Crippen LogP contribution in [0, 0.1) is 0 Å². The van der Waals surface area contributed by atoms with E-state index in [-0.39, 0.29) is 0 Å². The molecule has 0 saturated carbocycles. The lowest BCUT2D eigenvalue weighted by Gasteiger charge is -2.32. The molecule has 0 radical (unpaired) electrons. The highest BCUT2D eigenvalue weighted by molar-refractivity contribution is 5.85. The van der Waals surface area contributed by atoms with Gasteiger partial charge < -0.3 is 15.6 Å². The van der Waals surface area contributed by atoms with Crippen molar-refractivity contribution in [1.82, 2.24) is 0 Å². The summed E-state index contributed by atoms with van der Waals surface area (Å²) in [5.74, 6) is -4.14. The van der Waals surface area contributed by atoms with Crippen molar-refractivity contribution in [3.8, 4) is 0 Å². The molecule has 142 valence electrons. The van der Waals surface area contributed by atoms with Crippen LogP contribution in [0.2, 0.25) is 0 Å². The molecule has 0 aliphatic rings. The van der Waals surface area contributed by atoms with E-state index in [4.69, 9.17) is 15.6 Å². The minimum absolute atomic E-state index is 0.399. The van der Waals surface area contributed by atoms with Crippen LogP contribution in [0.4, 0.5) is 18.0 Å². The largest absolute Gasteiger partial charge is 0.524 e. The van der Waals surface area contributed by atoms with Crippen LogP contribution in [0.1, 0.15) is 5.56 Å². The highest BCUT2D eigenvalue weighted by Crippen LogP contribution is 2.26. The molecule has 2 atom stereocenters. The number of rotatable bonds is 7. The van der Waals surface area contributed by atoms with Crippen molar-refractivity contribution in [3.63, 3.8) is 0 Å². The van der Waals surface area contributed by atoms with E-state index in [2.05, 4.69) is 6.58 Å². The molecule has 26 heavy (non-hydrogen) atoms. The number of halogens is 3. The van der Waals surface area contributed by atoms with E-state index in [9.17, 15) is 27.6 Å². The van der Waals surface area contributed by atoms with E-state index < -0.39 is 54.4 Å². The number of ether oxygens (including phenoxy) is 1. The number of hydrogen-bond acceptors (Lipinski definition) is 5. The summed E-state index contributed by atoms with van der Waals surface area (Å²) in [6, 6.07) is 6.15. The zero-order chi connectivity index (χ0) is 20.0. The Bertz CT molecular complexity index is 678. The van der Waals surface area contributed by atoms with Crippen LogP contribution in [0.25, 0.3) is 0 Å². The van der Waals surface area contributed by atoms with E-state index in [0.717, 1.165) is 6.08 Å². The van der Waals surface area contributed by atoms with Crippen molar-refractivity contribution in [1.29, 1.82) is 0 Å². The maximum absolute atomic E-state index is 13.0. The monoisotopic (exact) mass is 375 g/mol. The molecule has 0 fully saturated rings. The summed E-state index contributed by atoms with van der Waals surface area (Å²) in [6.07, 6.45) is -6.08. The van der Waals surface area contributed by atoms with Gasteiger partial charge >= 0.3 is 24.1 Å². The van der Waals surface area contributed by atoms with Crippen LogP contribution < -0.4 is 5.73 Å². The lowest BCUT2D eigenvalue weighted by atomic mass is 10.2. The van der Waals surface area contributed by atoms with Gasteiger partial charge in [0.2, 0.25) is 0 Å². The van der Waals surface area contributed by atoms with Crippen LogP contribution in [0.15, 0.2) is 43.0 Å². The number of carbonyl (C=O) groups excluding carboxylic acids is 2. The number of carbonyl (C=O) groups is 3. The number of hydrogen-bond donors (Lipinski definition) is 2. The molecular weight excluding hydrogens is 357 g/mol. The van der Waals surface area contributed by atoms with E-state index in [1.165, 1.54) is 0 Å². The van der Waals surface area contributed by atoms with Crippen molar-refractivity contribution < 1.29 is 41.9 Å². The number of nitrogens with zero attached hydrogens (tertiary/aromatic N) is 1. The molecule has 1 unspecified atom stereocenters. The smallest absolute Gasteiger partial charge is 0.480 e. The number of benzene rings is 1. The summed E-state index contributed by atoms with van der Waals surface area (Å²) in [4.78, 5) is 35.3. The average molecular weight is 375 g/mol. The third-order valence-electron chi connectivity index (χ3n) is 3.45. The molecule has 1 aromatic carbocycles. The second-order valence-corrected chi connectivity index (χ2v) is 5.41. The van der Waals surface area contributed by atoms with Crippen LogP contribution in [0.3, 0.4) is 0 Å². The fraction of sp³-hybridized carbons (Fsp3) is 0.312. The summed E-state index contributed by atoms with van der Waals surface area (Å²) in [7, 11) is 0. The van der Waals surface area contributed by atoms with Gasteiger partial charge in [-0.15, -0.1) is 4.48 Å². The predicted molar refractivity (Wildman–Crippen MR) is 83.5 cm³/mol. The molecule has 1 aromatic rings. The van der Waals surface area contributed by atoms with Crippen LogP contribution in [0.5, 0.6) is 0 Å². The Morgan fingerprint density at radius 1 is 1.27 bits per heavy atom. The van der Waals surface area contributed by atoms with Gasteiger partial charge in [-0.1, -0.05) is 36.9 Å². The van der Waals surface area contributed by atoms with Crippen molar-refractivity contribution in [2.75, 3.05) is 13.1 Å². The summed E-state index contributed by atoms with van der Waals surface area (Å²) < 4.78 is 42.0. The zero-order valence-electron chi connectivity index (χ0n) is 13.6. The lowest BCUT2D eigenvalue weighted by molar-refractivity contribution is -0.782. The van der Waals surface area contributed by atoms with Gasteiger partial charge in [0.15, 0.2) is 6.04 Å². The molecule has 0 aromatic heterocycles. The molecule has 0 aliphatic carbocycles. The van der Waals surface area contributed by atoms with Gasteiger partial charge in [0.25, 0.3) is 0 Å². The minimum Gasteiger partial charge on any atom is -0.480 e. The second kappa shape index (κ2) is 8.59. The van der Waals surface area contributed by atoms with E-state index in [0.29, 0.717) is 5.56 Å². The number of nitrogens with two attached hydrogens (primary N) is 1. The number of amides is 2. The fourth-order valence-corrected chi connectivity index (χ4v) is 2.19. The molecule has 0 saturated heterocycles. The van der Waals surface area contributed by atoms with E-state index >= 15 is 0 Å². The van der Waals surface area contributed by atoms with Gasteiger partial charge in [0, 0.05) is 0 Å². The first-order valence-corrected chi connectivity index (χ1v) is 7.34. The number of alkyl halides is 3. The quantitative estimate of drug-likeness (QED) is 0.556.